The molecule has 0 aliphatic carbocycles. The molecule has 0 atom stereocenters. The van der Waals surface area contributed by atoms with Crippen molar-refractivity contribution in [3.05, 3.63) is 70.3 Å². The van der Waals surface area contributed by atoms with E-state index in [0.717, 1.165) is 31.5 Å². The van der Waals surface area contributed by atoms with E-state index in [9.17, 15) is 9.90 Å². The van der Waals surface area contributed by atoms with Gasteiger partial charge in [0.05, 0.1) is 10.0 Å². The number of aromatic amines is 1. The molecule has 0 radical (unpaired) electrons. The number of H-pyrrole nitrogens is 1. The molecule has 0 aliphatic rings. The monoisotopic (exact) mass is 387 g/mol. The molecule has 3 aromatic carbocycles. The van der Waals surface area contributed by atoms with Crippen molar-refractivity contribution in [3.63, 3.8) is 0 Å². The Kier molecular flexibility index (Phi) is 4.12. The summed E-state index contributed by atoms with van der Waals surface area (Å²) in [5.74, 6) is -0.973. The van der Waals surface area contributed by atoms with Crippen LogP contribution in [0.4, 0.5) is 0 Å². The molecule has 2 N–H and O–H groups in total. The summed E-state index contributed by atoms with van der Waals surface area (Å²) in [6.45, 7) is 0. The number of aromatic carboxylic acids is 1. The molecule has 25 heavy (non-hydrogen) atoms. The number of rotatable bonds is 3. The summed E-state index contributed by atoms with van der Waals surface area (Å²) in [6.07, 6.45) is 0. The second-order valence-electron chi connectivity index (χ2n) is 5.55. The fourth-order valence-electron chi connectivity index (χ4n) is 2.82. The third-order valence-electron chi connectivity index (χ3n) is 3.96. The van der Waals surface area contributed by atoms with E-state index in [-0.39, 0.29) is 5.69 Å². The zero-order valence-electron chi connectivity index (χ0n) is 12.7. The highest BCUT2D eigenvalue weighted by Gasteiger charge is 2.13. The van der Waals surface area contributed by atoms with Crippen LogP contribution in [0.5, 0.6) is 0 Å². The van der Waals surface area contributed by atoms with Gasteiger partial charge in [0.15, 0.2) is 0 Å². The largest absolute Gasteiger partial charge is 0.477 e. The van der Waals surface area contributed by atoms with Crippen LogP contribution in [0, 0.1) is 0 Å². The van der Waals surface area contributed by atoms with E-state index in [1.54, 1.807) is 23.9 Å². The number of benzene rings is 3. The Hall–Kier alpha value is -2.14. The highest BCUT2D eigenvalue weighted by atomic mass is 35.5. The minimum atomic E-state index is -0.973. The molecule has 6 heteroatoms. The van der Waals surface area contributed by atoms with E-state index < -0.39 is 5.97 Å². The van der Waals surface area contributed by atoms with Crippen molar-refractivity contribution >= 4 is 62.6 Å². The van der Waals surface area contributed by atoms with Crippen LogP contribution in [-0.4, -0.2) is 16.1 Å². The molecule has 3 nitrogen and oxygen atoms in total. The topological polar surface area (TPSA) is 53.1 Å². The van der Waals surface area contributed by atoms with Gasteiger partial charge in [0.25, 0.3) is 0 Å². The van der Waals surface area contributed by atoms with Crippen LogP contribution in [0.1, 0.15) is 10.5 Å². The van der Waals surface area contributed by atoms with E-state index in [1.807, 2.05) is 42.5 Å². The lowest BCUT2D eigenvalue weighted by atomic mass is 10.1. The summed E-state index contributed by atoms with van der Waals surface area (Å²) in [6, 6.07) is 17.1. The second kappa shape index (κ2) is 6.30. The highest BCUT2D eigenvalue weighted by molar-refractivity contribution is 7.99. The lowest BCUT2D eigenvalue weighted by Gasteiger charge is -2.09. The summed E-state index contributed by atoms with van der Waals surface area (Å²) >= 11 is 13.7. The van der Waals surface area contributed by atoms with Crippen LogP contribution in [0.15, 0.2) is 64.4 Å². The predicted octanol–water partition coefficient (Wildman–Crippen LogP) is 6.48. The Morgan fingerprint density at radius 3 is 2.40 bits per heavy atom. The molecular weight excluding hydrogens is 377 g/mol. The number of halogens is 2. The Bertz CT molecular complexity index is 1140. The molecule has 4 rings (SSSR count). The summed E-state index contributed by atoms with van der Waals surface area (Å²) < 4.78 is 0. The first-order valence-corrected chi connectivity index (χ1v) is 9.01. The molecule has 0 amide bonds. The maximum absolute atomic E-state index is 11.3. The number of nitrogens with one attached hydrogen (secondary N) is 1. The highest BCUT2D eigenvalue weighted by Crippen LogP contribution is 2.39. The Balaban J connectivity index is 1.92. The first-order valence-electron chi connectivity index (χ1n) is 7.43. The van der Waals surface area contributed by atoms with E-state index in [2.05, 4.69) is 4.98 Å². The van der Waals surface area contributed by atoms with Crippen molar-refractivity contribution in [3.8, 4) is 0 Å². The molecule has 4 aromatic rings. The van der Waals surface area contributed by atoms with Crippen LogP contribution in [0.3, 0.4) is 0 Å². The Labute approximate surface area is 157 Å². The quantitative estimate of drug-likeness (QED) is 0.423. The molecule has 0 saturated carbocycles. The average molecular weight is 388 g/mol. The molecular formula is C19H11Cl2NO2S. The lowest BCUT2D eigenvalue weighted by Crippen LogP contribution is -1.94. The fourth-order valence-corrected chi connectivity index (χ4v) is 4.21. The van der Waals surface area contributed by atoms with Gasteiger partial charge in [-0.1, -0.05) is 59.2 Å². The first-order chi connectivity index (χ1) is 12.0. The zero-order chi connectivity index (χ0) is 17.6. The molecule has 124 valence electrons. The number of hydrogen-bond donors (Lipinski definition) is 2. The number of aromatic nitrogens is 1. The van der Waals surface area contributed by atoms with Crippen LogP contribution in [-0.2, 0) is 0 Å². The van der Waals surface area contributed by atoms with E-state index in [1.165, 1.54) is 0 Å². The van der Waals surface area contributed by atoms with Crippen molar-refractivity contribution in [2.24, 2.45) is 0 Å². The van der Waals surface area contributed by atoms with E-state index in [0.29, 0.717) is 10.0 Å². The van der Waals surface area contributed by atoms with E-state index >= 15 is 0 Å². The van der Waals surface area contributed by atoms with Crippen molar-refractivity contribution in [1.82, 2.24) is 4.98 Å². The third kappa shape index (κ3) is 2.97. The van der Waals surface area contributed by atoms with Gasteiger partial charge >= 0.3 is 5.97 Å². The lowest BCUT2D eigenvalue weighted by molar-refractivity contribution is 0.0691. The molecule has 0 bridgehead atoms. The van der Waals surface area contributed by atoms with Gasteiger partial charge in [-0.3, -0.25) is 0 Å². The van der Waals surface area contributed by atoms with Gasteiger partial charge in [-0.25, -0.2) is 4.79 Å². The van der Waals surface area contributed by atoms with Crippen molar-refractivity contribution in [1.29, 1.82) is 0 Å². The fraction of sp³-hybridized carbons (Fsp3) is 0. The number of carbonyl (C=O) groups is 1. The zero-order valence-corrected chi connectivity index (χ0v) is 15.0. The smallest absolute Gasteiger partial charge is 0.352 e. The van der Waals surface area contributed by atoms with Gasteiger partial charge in [-0.15, -0.1) is 0 Å². The molecule has 0 unspecified atom stereocenters. The summed E-state index contributed by atoms with van der Waals surface area (Å²) in [7, 11) is 0. The molecule has 1 heterocycles. The SMILES string of the molecule is O=C(O)c1cc2c(cc(Sc3ccc(Cl)c(Cl)c3)c3ccccc32)[nH]1. The number of hydrogen-bond acceptors (Lipinski definition) is 2. The normalized spacial score (nSPS) is 11.3. The van der Waals surface area contributed by atoms with Crippen molar-refractivity contribution in [2.75, 3.05) is 0 Å². The predicted molar refractivity (Wildman–Crippen MR) is 103 cm³/mol. The van der Waals surface area contributed by atoms with Gasteiger partial charge in [-0.05, 0) is 41.1 Å². The minimum Gasteiger partial charge on any atom is -0.477 e. The van der Waals surface area contributed by atoms with Gasteiger partial charge in [0, 0.05) is 20.7 Å². The van der Waals surface area contributed by atoms with Gasteiger partial charge in [-0.2, -0.15) is 0 Å². The average Bonchev–Trinajstić information content (AvgIpc) is 3.03. The molecule has 0 fully saturated rings. The minimum absolute atomic E-state index is 0.178. The Morgan fingerprint density at radius 2 is 1.68 bits per heavy atom. The van der Waals surface area contributed by atoms with E-state index in [4.69, 9.17) is 23.2 Å². The molecule has 0 spiro atoms. The summed E-state index contributed by atoms with van der Waals surface area (Å²) in [5.41, 5.74) is 0.968. The molecule has 1 aromatic heterocycles. The van der Waals surface area contributed by atoms with Crippen LogP contribution in [0.2, 0.25) is 10.0 Å². The number of carboxylic acids is 1. The number of fused-ring (bicyclic) bond motifs is 3. The first kappa shape index (κ1) is 16.3. The number of carboxylic acid groups (broad SMARTS) is 1. The third-order valence-corrected chi connectivity index (χ3v) is 5.74. The van der Waals surface area contributed by atoms with Gasteiger partial charge in [0.2, 0.25) is 0 Å². The van der Waals surface area contributed by atoms with Crippen molar-refractivity contribution < 1.29 is 9.90 Å². The van der Waals surface area contributed by atoms with Crippen LogP contribution in [0.25, 0.3) is 21.7 Å². The van der Waals surface area contributed by atoms with Crippen LogP contribution >= 0.6 is 35.0 Å². The maximum Gasteiger partial charge on any atom is 0.352 e. The summed E-state index contributed by atoms with van der Waals surface area (Å²) in [5, 5.41) is 13.2. The molecule has 0 aliphatic heterocycles. The second-order valence-corrected chi connectivity index (χ2v) is 7.48. The standard InChI is InChI=1S/C19H11Cl2NO2S/c20-14-6-5-10(7-15(14)21)25-18-9-16-13(8-17(22-16)19(23)24)11-3-1-2-4-12(11)18/h1-9,22H,(H,23,24). The van der Waals surface area contributed by atoms with Gasteiger partial charge in [0.1, 0.15) is 5.69 Å². The molecule has 0 saturated heterocycles. The maximum atomic E-state index is 11.3. The Morgan fingerprint density at radius 1 is 0.920 bits per heavy atom. The summed E-state index contributed by atoms with van der Waals surface area (Å²) in [4.78, 5) is 16.2. The van der Waals surface area contributed by atoms with Crippen molar-refractivity contribution in [2.45, 2.75) is 9.79 Å². The van der Waals surface area contributed by atoms with Gasteiger partial charge < -0.3 is 10.1 Å². The van der Waals surface area contributed by atoms with Crippen LogP contribution < -0.4 is 0 Å².